The van der Waals surface area contributed by atoms with Crippen LogP contribution in [0.2, 0.25) is 13.1 Å². The van der Waals surface area contributed by atoms with Crippen LogP contribution in [-0.4, -0.2) is 20.1 Å². The summed E-state index contributed by atoms with van der Waals surface area (Å²) < 4.78 is 6.60. The van der Waals surface area contributed by atoms with Crippen molar-refractivity contribution in [3.8, 4) is 0 Å². The van der Waals surface area contributed by atoms with Gasteiger partial charge in [0, 0.05) is 11.5 Å². The van der Waals surface area contributed by atoms with Gasteiger partial charge in [-0.25, -0.2) is 0 Å². The lowest BCUT2D eigenvalue weighted by Crippen LogP contribution is -2.58. The van der Waals surface area contributed by atoms with E-state index in [0.717, 1.165) is 0 Å². The Morgan fingerprint density at radius 3 is 2.42 bits per heavy atom. The predicted molar refractivity (Wildman–Crippen MR) is 84.3 cm³/mol. The van der Waals surface area contributed by atoms with Gasteiger partial charge in [0.05, 0.1) is 6.10 Å². The van der Waals surface area contributed by atoms with Crippen molar-refractivity contribution < 1.29 is 4.43 Å². The summed E-state index contributed by atoms with van der Waals surface area (Å²) in [6.07, 6.45) is 10.7. The molecule has 108 valence electrons. The molecule has 1 fully saturated rings. The highest BCUT2D eigenvalue weighted by Gasteiger charge is 2.43. The van der Waals surface area contributed by atoms with Crippen LogP contribution in [0.15, 0.2) is 24.3 Å². The first-order valence-corrected chi connectivity index (χ1v) is 10.4. The molecule has 2 nitrogen and oxygen atoms in total. The van der Waals surface area contributed by atoms with Gasteiger partial charge in [-0.1, -0.05) is 31.2 Å². The zero-order chi connectivity index (χ0) is 14.3. The van der Waals surface area contributed by atoms with Crippen LogP contribution in [0.1, 0.15) is 34.1 Å². The van der Waals surface area contributed by atoms with E-state index in [0.29, 0.717) is 23.9 Å². The van der Waals surface area contributed by atoms with E-state index in [2.05, 4.69) is 70.1 Å². The van der Waals surface area contributed by atoms with E-state index in [-0.39, 0.29) is 5.54 Å². The van der Waals surface area contributed by atoms with Crippen LogP contribution in [0, 0.1) is 17.8 Å². The first-order valence-electron chi connectivity index (χ1n) is 7.50. The summed E-state index contributed by atoms with van der Waals surface area (Å²) in [5, 5.41) is 0. The number of hydrogen-bond donors (Lipinski definition) is 1. The van der Waals surface area contributed by atoms with Crippen molar-refractivity contribution in [1.29, 1.82) is 0 Å². The van der Waals surface area contributed by atoms with Gasteiger partial charge in [-0.2, -0.15) is 0 Å². The summed E-state index contributed by atoms with van der Waals surface area (Å²) in [6, 6.07) is 0. The van der Waals surface area contributed by atoms with Gasteiger partial charge in [0.1, 0.15) is 0 Å². The first kappa shape index (κ1) is 15.0. The molecule has 0 spiro atoms. The van der Waals surface area contributed by atoms with Crippen LogP contribution in [0.5, 0.6) is 0 Å². The lowest BCUT2D eigenvalue weighted by atomic mass is 9.91. The molecule has 4 unspecified atom stereocenters. The van der Waals surface area contributed by atoms with Crippen LogP contribution in [0.3, 0.4) is 0 Å². The van der Waals surface area contributed by atoms with Gasteiger partial charge in [0.25, 0.3) is 8.48 Å². The largest absolute Gasteiger partial charge is 0.400 e. The van der Waals surface area contributed by atoms with Crippen molar-refractivity contribution in [3.05, 3.63) is 24.3 Å². The number of allylic oxidation sites excluding steroid dienone is 3. The summed E-state index contributed by atoms with van der Waals surface area (Å²) in [4.78, 5) is 3.71. The van der Waals surface area contributed by atoms with Crippen molar-refractivity contribution >= 4 is 8.48 Å². The molecule has 2 rings (SSSR count). The quantitative estimate of drug-likeness (QED) is 0.792. The van der Waals surface area contributed by atoms with E-state index >= 15 is 0 Å². The van der Waals surface area contributed by atoms with Gasteiger partial charge in [-0.15, -0.1) is 0 Å². The van der Waals surface area contributed by atoms with Crippen molar-refractivity contribution in [2.24, 2.45) is 17.8 Å². The van der Waals surface area contributed by atoms with Gasteiger partial charge < -0.3 is 9.41 Å². The fourth-order valence-corrected chi connectivity index (χ4v) is 6.60. The highest BCUT2D eigenvalue weighted by Crippen LogP contribution is 2.42. The minimum atomic E-state index is -1.83. The summed E-state index contributed by atoms with van der Waals surface area (Å²) in [7, 11) is -1.83. The van der Waals surface area contributed by atoms with Crippen LogP contribution in [0.25, 0.3) is 0 Å². The van der Waals surface area contributed by atoms with Crippen LogP contribution < -0.4 is 4.98 Å². The molecule has 3 heteroatoms. The Morgan fingerprint density at radius 1 is 1.16 bits per heavy atom. The van der Waals surface area contributed by atoms with Gasteiger partial charge >= 0.3 is 0 Å². The Balaban J connectivity index is 2.05. The summed E-state index contributed by atoms with van der Waals surface area (Å²) in [5.74, 6) is 1.91. The summed E-state index contributed by atoms with van der Waals surface area (Å²) >= 11 is 0. The molecular formula is C16H29NOSi. The third-order valence-corrected chi connectivity index (χ3v) is 6.20. The second-order valence-electron chi connectivity index (χ2n) is 7.69. The lowest BCUT2D eigenvalue weighted by molar-refractivity contribution is 0.120. The smallest absolute Gasteiger partial charge is 0.263 e. The monoisotopic (exact) mass is 279 g/mol. The molecule has 0 aliphatic heterocycles. The number of nitrogens with one attached hydrogen (secondary N) is 1. The predicted octanol–water partition coefficient (Wildman–Crippen LogP) is 3.86. The highest BCUT2D eigenvalue weighted by atomic mass is 28.4. The first-order chi connectivity index (χ1) is 8.68. The topological polar surface area (TPSA) is 21.3 Å². The number of rotatable bonds is 3. The Labute approximate surface area is 119 Å². The Morgan fingerprint density at radius 2 is 1.79 bits per heavy atom. The van der Waals surface area contributed by atoms with E-state index < -0.39 is 8.48 Å². The fourth-order valence-electron chi connectivity index (χ4n) is 3.67. The summed E-state index contributed by atoms with van der Waals surface area (Å²) in [5.41, 5.74) is 0.124. The number of fused-ring (bicyclic) bond motifs is 1. The molecule has 0 saturated heterocycles. The molecule has 2 aliphatic rings. The molecule has 0 aromatic carbocycles. The van der Waals surface area contributed by atoms with Crippen LogP contribution >= 0.6 is 0 Å². The average molecular weight is 280 g/mol. The molecular weight excluding hydrogens is 250 g/mol. The average Bonchev–Trinajstić information content (AvgIpc) is 2.52. The zero-order valence-electron chi connectivity index (χ0n) is 13.2. The maximum absolute atomic E-state index is 6.60. The minimum absolute atomic E-state index is 0.124. The van der Waals surface area contributed by atoms with Gasteiger partial charge in [0.2, 0.25) is 0 Å². The third kappa shape index (κ3) is 3.80. The second-order valence-corrected chi connectivity index (χ2v) is 11.2. The second kappa shape index (κ2) is 5.19. The Hall–Kier alpha value is -0.383. The molecule has 0 heterocycles. The summed E-state index contributed by atoms with van der Waals surface area (Å²) in [6.45, 7) is 13.5. The molecule has 4 atom stereocenters. The third-order valence-electron chi connectivity index (χ3n) is 3.99. The van der Waals surface area contributed by atoms with Crippen molar-refractivity contribution in [3.63, 3.8) is 0 Å². The highest BCUT2D eigenvalue weighted by molar-refractivity contribution is 6.68. The normalized spacial score (nSPS) is 34.6. The van der Waals surface area contributed by atoms with Crippen molar-refractivity contribution in [2.75, 3.05) is 0 Å². The molecule has 1 N–H and O–H groups in total. The van der Waals surface area contributed by atoms with Crippen molar-refractivity contribution in [1.82, 2.24) is 4.98 Å². The molecule has 0 aromatic rings. The Bertz CT molecular complexity index is 381. The van der Waals surface area contributed by atoms with Crippen LogP contribution in [0.4, 0.5) is 0 Å². The molecule has 0 bridgehead atoms. The fraction of sp³-hybridized carbons (Fsp3) is 0.750. The lowest BCUT2D eigenvalue weighted by Gasteiger charge is -2.37. The molecule has 0 aromatic heterocycles. The van der Waals surface area contributed by atoms with E-state index in [9.17, 15) is 0 Å². The van der Waals surface area contributed by atoms with Gasteiger partial charge in [-0.05, 0) is 52.1 Å². The van der Waals surface area contributed by atoms with Gasteiger partial charge in [-0.3, -0.25) is 0 Å². The molecule has 19 heavy (non-hydrogen) atoms. The standard InChI is InChI=1S/C16H29NOSi/c1-12-11-13-9-7-8-10-14(13)15(12)18-19(5,6)17-16(2,3)4/h7-10,12-15,17H,11H2,1-6H3. The maximum atomic E-state index is 6.60. The SMILES string of the molecule is CC1CC2C=CC=CC2C1O[Si](C)(C)NC(C)(C)C. The van der Waals surface area contributed by atoms with Crippen LogP contribution in [-0.2, 0) is 4.43 Å². The van der Waals surface area contributed by atoms with Gasteiger partial charge in [0.15, 0.2) is 0 Å². The van der Waals surface area contributed by atoms with E-state index in [1.807, 2.05) is 0 Å². The minimum Gasteiger partial charge on any atom is -0.400 e. The van der Waals surface area contributed by atoms with E-state index in [1.165, 1.54) is 6.42 Å². The van der Waals surface area contributed by atoms with E-state index in [4.69, 9.17) is 4.43 Å². The molecule has 1 saturated carbocycles. The molecule has 0 radical (unpaired) electrons. The molecule has 2 aliphatic carbocycles. The molecule has 0 amide bonds. The number of hydrogen-bond acceptors (Lipinski definition) is 2. The van der Waals surface area contributed by atoms with E-state index in [1.54, 1.807) is 0 Å². The maximum Gasteiger partial charge on any atom is 0.263 e. The van der Waals surface area contributed by atoms with Crippen molar-refractivity contribution in [2.45, 2.75) is 58.9 Å². The Kier molecular flexibility index (Phi) is 4.10. The zero-order valence-corrected chi connectivity index (χ0v) is 14.2.